The highest BCUT2D eigenvalue weighted by Gasteiger charge is 2.28. The highest BCUT2D eigenvalue weighted by molar-refractivity contribution is 7.91. The van der Waals surface area contributed by atoms with Gasteiger partial charge in [0.15, 0.2) is 9.84 Å². The van der Waals surface area contributed by atoms with Crippen LogP contribution in [0, 0.1) is 18.7 Å². The Morgan fingerprint density at radius 3 is 2.87 bits per heavy atom. The molecule has 3 rings (SSSR count). The lowest BCUT2D eigenvalue weighted by molar-refractivity contribution is 0.0947. The number of pyridine rings is 1. The number of amides is 1. The van der Waals surface area contributed by atoms with Gasteiger partial charge in [-0.1, -0.05) is 0 Å². The maximum Gasteiger partial charge on any atom is 0.253 e. The third-order valence-corrected chi connectivity index (χ3v) is 5.93. The zero-order valence-corrected chi connectivity index (χ0v) is 13.5. The summed E-state index contributed by atoms with van der Waals surface area (Å²) < 4.78 is 36.1. The maximum absolute atomic E-state index is 13.2. The van der Waals surface area contributed by atoms with Gasteiger partial charge in [0.2, 0.25) is 0 Å². The minimum absolute atomic E-state index is 0.0354. The molecule has 0 unspecified atom stereocenters. The largest absolute Gasteiger partial charge is 0.352 e. The van der Waals surface area contributed by atoms with Crippen LogP contribution in [-0.2, 0) is 9.84 Å². The second-order valence-corrected chi connectivity index (χ2v) is 8.17. The van der Waals surface area contributed by atoms with Crippen molar-refractivity contribution in [2.75, 3.05) is 18.1 Å². The molecule has 1 atom stereocenters. The summed E-state index contributed by atoms with van der Waals surface area (Å²) in [6.45, 7) is 2.03. The molecular weight excluding hydrogens is 319 g/mol. The number of sulfone groups is 1. The Labute approximate surface area is 133 Å². The lowest BCUT2D eigenvalue weighted by atomic mass is 10.1. The van der Waals surface area contributed by atoms with E-state index >= 15 is 0 Å². The Morgan fingerprint density at radius 1 is 1.39 bits per heavy atom. The SMILES string of the molecule is Cc1nc2cc(F)ccc2cc1C(=O)NC[C@H]1CCS(=O)(=O)C1. The van der Waals surface area contributed by atoms with Crippen molar-refractivity contribution >= 4 is 26.6 Å². The van der Waals surface area contributed by atoms with Crippen LogP contribution in [0.15, 0.2) is 24.3 Å². The number of aromatic nitrogens is 1. The fourth-order valence-corrected chi connectivity index (χ4v) is 4.69. The lowest BCUT2D eigenvalue weighted by Gasteiger charge is -2.11. The molecule has 1 aromatic heterocycles. The zero-order chi connectivity index (χ0) is 16.6. The van der Waals surface area contributed by atoms with Crippen LogP contribution in [0.5, 0.6) is 0 Å². The highest BCUT2D eigenvalue weighted by atomic mass is 32.2. The summed E-state index contributed by atoms with van der Waals surface area (Å²) in [5.74, 6) is -0.377. The average Bonchev–Trinajstić information content (AvgIpc) is 2.83. The van der Waals surface area contributed by atoms with Gasteiger partial charge in [0.1, 0.15) is 5.82 Å². The first-order valence-corrected chi connectivity index (χ1v) is 9.22. The summed E-state index contributed by atoms with van der Waals surface area (Å²) in [5, 5.41) is 3.46. The molecule has 1 aromatic carbocycles. The summed E-state index contributed by atoms with van der Waals surface area (Å²) in [6.07, 6.45) is 0.580. The monoisotopic (exact) mass is 336 g/mol. The van der Waals surface area contributed by atoms with Crippen LogP contribution >= 0.6 is 0 Å². The van der Waals surface area contributed by atoms with Crippen molar-refractivity contribution in [1.82, 2.24) is 10.3 Å². The predicted octanol–water partition coefficient (Wildman–Crippen LogP) is 1.85. The highest BCUT2D eigenvalue weighted by Crippen LogP contribution is 2.19. The van der Waals surface area contributed by atoms with Crippen molar-refractivity contribution < 1.29 is 17.6 Å². The minimum atomic E-state index is -2.95. The van der Waals surface area contributed by atoms with Gasteiger partial charge in [-0.15, -0.1) is 0 Å². The average molecular weight is 336 g/mol. The standard InChI is InChI=1S/C16H17FN2O3S/c1-10-14(6-12-2-3-13(17)7-15(12)19-10)16(20)18-8-11-4-5-23(21,22)9-11/h2-3,6-7,11H,4-5,8-9H2,1H3,(H,18,20)/t11-/m1/s1. The van der Waals surface area contributed by atoms with Crippen molar-refractivity contribution in [2.24, 2.45) is 5.92 Å². The molecule has 0 bridgehead atoms. The summed E-state index contributed by atoms with van der Waals surface area (Å²) >= 11 is 0. The molecule has 122 valence electrons. The molecule has 0 spiro atoms. The van der Waals surface area contributed by atoms with Crippen molar-refractivity contribution in [2.45, 2.75) is 13.3 Å². The molecule has 0 aliphatic carbocycles. The lowest BCUT2D eigenvalue weighted by Crippen LogP contribution is -2.30. The van der Waals surface area contributed by atoms with E-state index in [0.717, 1.165) is 0 Å². The number of fused-ring (bicyclic) bond motifs is 1. The molecule has 1 saturated heterocycles. The van der Waals surface area contributed by atoms with E-state index in [1.165, 1.54) is 12.1 Å². The third-order valence-electron chi connectivity index (χ3n) is 4.09. The van der Waals surface area contributed by atoms with E-state index in [4.69, 9.17) is 0 Å². The van der Waals surface area contributed by atoms with Gasteiger partial charge in [-0.3, -0.25) is 9.78 Å². The Kier molecular flexibility index (Phi) is 4.06. The molecule has 23 heavy (non-hydrogen) atoms. The van der Waals surface area contributed by atoms with E-state index in [9.17, 15) is 17.6 Å². The van der Waals surface area contributed by atoms with Crippen molar-refractivity contribution in [3.8, 4) is 0 Å². The van der Waals surface area contributed by atoms with Gasteiger partial charge in [0.25, 0.3) is 5.91 Å². The number of hydrogen-bond donors (Lipinski definition) is 1. The Bertz CT molecular complexity index is 880. The molecule has 7 heteroatoms. The summed E-state index contributed by atoms with van der Waals surface area (Å²) in [5.41, 5.74) is 1.44. The van der Waals surface area contributed by atoms with Crippen LogP contribution in [0.4, 0.5) is 4.39 Å². The van der Waals surface area contributed by atoms with E-state index in [0.29, 0.717) is 35.1 Å². The Balaban J connectivity index is 1.76. The molecule has 1 aliphatic rings. The molecule has 1 N–H and O–H groups in total. The minimum Gasteiger partial charge on any atom is -0.352 e. The van der Waals surface area contributed by atoms with E-state index in [1.54, 1.807) is 19.1 Å². The first-order chi connectivity index (χ1) is 10.8. The Hall–Kier alpha value is -2.02. The summed E-state index contributed by atoms with van der Waals surface area (Å²) in [6, 6.07) is 5.91. The molecule has 1 aliphatic heterocycles. The molecule has 2 aromatic rings. The summed E-state index contributed by atoms with van der Waals surface area (Å²) in [7, 11) is -2.95. The van der Waals surface area contributed by atoms with Crippen LogP contribution in [0.25, 0.3) is 10.9 Å². The molecule has 0 radical (unpaired) electrons. The second kappa shape index (κ2) is 5.88. The topological polar surface area (TPSA) is 76.1 Å². The van der Waals surface area contributed by atoms with Gasteiger partial charge in [-0.25, -0.2) is 12.8 Å². The van der Waals surface area contributed by atoms with Crippen molar-refractivity contribution in [1.29, 1.82) is 0 Å². The van der Waals surface area contributed by atoms with Crippen molar-refractivity contribution in [3.63, 3.8) is 0 Å². The molecule has 0 saturated carbocycles. The zero-order valence-electron chi connectivity index (χ0n) is 12.7. The molecule has 5 nitrogen and oxygen atoms in total. The molecule has 1 amide bonds. The number of carbonyl (C=O) groups excluding carboxylic acids is 1. The number of aryl methyl sites for hydroxylation is 1. The van der Waals surface area contributed by atoms with E-state index in [2.05, 4.69) is 10.3 Å². The van der Waals surface area contributed by atoms with E-state index < -0.39 is 9.84 Å². The number of halogens is 1. The number of carbonyl (C=O) groups is 1. The van der Waals surface area contributed by atoms with Crippen LogP contribution in [0.1, 0.15) is 22.5 Å². The third kappa shape index (κ3) is 3.50. The predicted molar refractivity (Wildman–Crippen MR) is 85.5 cm³/mol. The van der Waals surface area contributed by atoms with Crippen LogP contribution in [0.3, 0.4) is 0 Å². The van der Waals surface area contributed by atoms with Gasteiger partial charge < -0.3 is 5.32 Å². The van der Waals surface area contributed by atoms with Gasteiger partial charge in [-0.05, 0) is 37.5 Å². The number of nitrogens with one attached hydrogen (secondary N) is 1. The Morgan fingerprint density at radius 2 is 2.17 bits per heavy atom. The van der Waals surface area contributed by atoms with Gasteiger partial charge in [0.05, 0.1) is 28.3 Å². The second-order valence-electron chi connectivity index (χ2n) is 5.94. The van der Waals surface area contributed by atoms with Crippen molar-refractivity contribution in [3.05, 3.63) is 41.3 Å². The fourth-order valence-electron chi connectivity index (χ4n) is 2.83. The number of nitrogens with zero attached hydrogens (tertiary/aromatic N) is 1. The van der Waals surface area contributed by atoms with E-state index in [-0.39, 0.29) is 29.1 Å². The normalized spacial score (nSPS) is 19.8. The smallest absolute Gasteiger partial charge is 0.253 e. The van der Waals surface area contributed by atoms with Gasteiger partial charge >= 0.3 is 0 Å². The quantitative estimate of drug-likeness (QED) is 0.928. The maximum atomic E-state index is 13.2. The summed E-state index contributed by atoms with van der Waals surface area (Å²) in [4.78, 5) is 16.6. The molecule has 1 fully saturated rings. The number of hydrogen-bond acceptors (Lipinski definition) is 4. The fraction of sp³-hybridized carbons (Fsp3) is 0.375. The van der Waals surface area contributed by atoms with Gasteiger partial charge in [-0.2, -0.15) is 0 Å². The van der Waals surface area contributed by atoms with Gasteiger partial charge in [0, 0.05) is 18.0 Å². The molecular formula is C16H17FN2O3S. The van der Waals surface area contributed by atoms with Crippen LogP contribution < -0.4 is 5.32 Å². The van der Waals surface area contributed by atoms with Crippen LogP contribution in [0.2, 0.25) is 0 Å². The number of rotatable bonds is 3. The first kappa shape index (κ1) is 15.9. The van der Waals surface area contributed by atoms with Crippen LogP contribution in [-0.4, -0.2) is 37.4 Å². The first-order valence-electron chi connectivity index (χ1n) is 7.39. The molecule has 2 heterocycles. The number of benzene rings is 1. The van der Waals surface area contributed by atoms with E-state index in [1.807, 2.05) is 0 Å².